The maximum atomic E-state index is 12.9. The van der Waals surface area contributed by atoms with Crippen LogP contribution < -0.4 is 5.32 Å². The van der Waals surface area contributed by atoms with Crippen LogP contribution in [0.5, 0.6) is 0 Å². The van der Waals surface area contributed by atoms with Crippen LogP contribution in [0.4, 0.5) is 0 Å². The molecule has 3 aliphatic rings. The van der Waals surface area contributed by atoms with Gasteiger partial charge in [0.05, 0.1) is 0 Å². The molecule has 1 aromatic rings. The molecule has 0 spiro atoms. The second-order valence-corrected chi connectivity index (χ2v) is 7.58. The predicted octanol–water partition coefficient (Wildman–Crippen LogP) is 3.37. The van der Waals surface area contributed by atoms with Crippen molar-refractivity contribution in [3.8, 4) is 0 Å². The van der Waals surface area contributed by atoms with Crippen molar-refractivity contribution < 1.29 is 9.59 Å². The third kappa shape index (κ3) is 3.19. The van der Waals surface area contributed by atoms with Crippen LogP contribution in [0, 0.1) is 5.92 Å². The molecule has 0 bridgehead atoms. The van der Waals surface area contributed by atoms with E-state index in [0.29, 0.717) is 29.1 Å². The smallest absolute Gasteiger partial charge is 0.254 e. The highest BCUT2D eigenvalue weighted by molar-refractivity contribution is 5.98. The summed E-state index contributed by atoms with van der Waals surface area (Å²) in [5, 5.41) is 2.99. The molecule has 1 N–H and O–H groups in total. The summed E-state index contributed by atoms with van der Waals surface area (Å²) in [7, 11) is 0. The van der Waals surface area contributed by atoms with E-state index in [1.54, 1.807) is 12.1 Å². The molecule has 3 fully saturated rings. The molecule has 1 aromatic carbocycles. The van der Waals surface area contributed by atoms with Crippen molar-refractivity contribution in [2.75, 3.05) is 6.54 Å². The van der Waals surface area contributed by atoms with Gasteiger partial charge in [-0.15, -0.1) is 0 Å². The molecule has 4 rings (SSSR count). The van der Waals surface area contributed by atoms with Gasteiger partial charge in [0.25, 0.3) is 11.8 Å². The Morgan fingerprint density at radius 1 is 0.875 bits per heavy atom. The van der Waals surface area contributed by atoms with Crippen molar-refractivity contribution in [3.63, 3.8) is 0 Å². The fourth-order valence-corrected chi connectivity index (χ4v) is 3.95. The summed E-state index contributed by atoms with van der Waals surface area (Å²) < 4.78 is 0. The molecule has 1 heterocycles. The van der Waals surface area contributed by atoms with Crippen molar-refractivity contribution in [1.29, 1.82) is 0 Å². The van der Waals surface area contributed by atoms with E-state index in [0.717, 1.165) is 32.2 Å². The number of nitrogens with zero attached hydrogens (tertiary/aromatic N) is 1. The Kier molecular flexibility index (Phi) is 4.30. The average molecular weight is 326 g/mol. The second-order valence-electron chi connectivity index (χ2n) is 7.58. The van der Waals surface area contributed by atoms with Crippen LogP contribution in [0.15, 0.2) is 24.3 Å². The first-order valence-corrected chi connectivity index (χ1v) is 9.44. The zero-order valence-electron chi connectivity index (χ0n) is 14.2. The molecule has 1 saturated heterocycles. The average Bonchev–Trinajstić information content (AvgIpc) is 3.37. The first-order chi connectivity index (χ1) is 11.7. The maximum absolute atomic E-state index is 12.9. The topological polar surface area (TPSA) is 49.4 Å². The Hall–Kier alpha value is -1.84. The number of carbonyl (C=O) groups is 2. The van der Waals surface area contributed by atoms with Crippen molar-refractivity contribution >= 4 is 11.8 Å². The summed E-state index contributed by atoms with van der Waals surface area (Å²) in [6.07, 6.45) is 9.53. The number of nitrogens with one attached hydrogen (secondary N) is 1. The minimum absolute atomic E-state index is 0.0261. The summed E-state index contributed by atoms with van der Waals surface area (Å²) in [6, 6.07) is 7.99. The van der Waals surface area contributed by atoms with E-state index in [4.69, 9.17) is 0 Å². The van der Waals surface area contributed by atoms with E-state index < -0.39 is 0 Å². The summed E-state index contributed by atoms with van der Waals surface area (Å²) >= 11 is 0. The summed E-state index contributed by atoms with van der Waals surface area (Å²) in [4.78, 5) is 27.1. The lowest BCUT2D eigenvalue weighted by Gasteiger charge is -2.44. The number of likely N-dealkylation sites (tertiary alicyclic amines) is 1. The molecule has 0 radical (unpaired) electrons. The predicted molar refractivity (Wildman–Crippen MR) is 92.9 cm³/mol. The third-order valence-electron chi connectivity index (χ3n) is 5.81. The van der Waals surface area contributed by atoms with Gasteiger partial charge in [-0.1, -0.05) is 6.42 Å². The molecule has 128 valence electrons. The number of amides is 2. The number of carbonyl (C=O) groups excluding carboxylic acids is 2. The normalized spacial score (nSPS) is 24.3. The Morgan fingerprint density at radius 2 is 1.58 bits per heavy atom. The fourth-order valence-electron chi connectivity index (χ4n) is 3.95. The Balaban J connectivity index is 1.45. The minimum Gasteiger partial charge on any atom is -0.349 e. The Bertz CT molecular complexity index is 617. The van der Waals surface area contributed by atoms with E-state index in [-0.39, 0.29) is 11.8 Å². The number of hydrogen-bond acceptors (Lipinski definition) is 2. The molecule has 0 aromatic heterocycles. The molecule has 2 amide bonds. The minimum atomic E-state index is -0.0261. The van der Waals surface area contributed by atoms with Crippen LogP contribution in [-0.2, 0) is 0 Å². The van der Waals surface area contributed by atoms with Gasteiger partial charge in [-0.2, -0.15) is 0 Å². The Labute approximate surface area is 143 Å². The first kappa shape index (κ1) is 15.7. The lowest BCUT2D eigenvalue weighted by molar-refractivity contribution is 0.0403. The maximum Gasteiger partial charge on any atom is 0.254 e. The molecule has 4 nitrogen and oxygen atoms in total. The fraction of sp³-hybridized carbons (Fsp3) is 0.600. The van der Waals surface area contributed by atoms with Crippen LogP contribution in [0.2, 0.25) is 0 Å². The van der Waals surface area contributed by atoms with Gasteiger partial charge in [-0.05, 0) is 75.1 Å². The van der Waals surface area contributed by atoms with E-state index in [9.17, 15) is 9.59 Å². The quantitative estimate of drug-likeness (QED) is 0.922. The van der Waals surface area contributed by atoms with Gasteiger partial charge in [0.15, 0.2) is 0 Å². The van der Waals surface area contributed by atoms with Gasteiger partial charge in [0, 0.05) is 29.8 Å². The highest BCUT2D eigenvalue weighted by atomic mass is 16.2. The molecule has 4 heteroatoms. The van der Waals surface area contributed by atoms with Gasteiger partial charge >= 0.3 is 0 Å². The number of hydrogen-bond donors (Lipinski definition) is 1. The largest absolute Gasteiger partial charge is 0.349 e. The van der Waals surface area contributed by atoms with E-state index in [1.807, 2.05) is 12.1 Å². The third-order valence-corrected chi connectivity index (χ3v) is 5.81. The van der Waals surface area contributed by atoms with Crippen molar-refractivity contribution in [1.82, 2.24) is 10.2 Å². The number of piperidine rings is 1. The van der Waals surface area contributed by atoms with Gasteiger partial charge < -0.3 is 10.2 Å². The lowest BCUT2D eigenvalue weighted by Crippen LogP contribution is -2.49. The van der Waals surface area contributed by atoms with Crippen LogP contribution >= 0.6 is 0 Å². The molecule has 2 saturated carbocycles. The van der Waals surface area contributed by atoms with Gasteiger partial charge in [-0.3, -0.25) is 9.59 Å². The number of rotatable bonds is 4. The number of benzene rings is 1. The molecule has 1 atom stereocenters. The monoisotopic (exact) mass is 326 g/mol. The lowest BCUT2D eigenvalue weighted by atomic mass is 9.76. The summed E-state index contributed by atoms with van der Waals surface area (Å²) in [5.74, 6) is 0.820. The molecular formula is C20H26N2O2. The SMILES string of the molecule is O=C(NC1CC1)c1ccc(C(=O)N2CCCCC2C2CCC2)cc1. The van der Waals surface area contributed by atoms with Gasteiger partial charge in [0.1, 0.15) is 0 Å². The van der Waals surface area contributed by atoms with Crippen molar-refractivity contribution in [2.24, 2.45) is 5.92 Å². The highest BCUT2D eigenvalue weighted by Gasteiger charge is 2.36. The van der Waals surface area contributed by atoms with E-state index in [1.165, 1.54) is 25.7 Å². The van der Waals surface area contributed by atoms with Crippen molar-refractivity contribution in [3.05, 3.63) is 35.4 Å². The summed E-state index contributed by atoms with van der Waals surface area (Å²) in [6.45, 7) is 0.879. The van der Waals surface area contributed by atoms with Crippen LogP contribution in [0.25, 0.3) is 0 Å². The van der Waals surface area contributed by atoms with E-state index >= 15 is 0 Å². The van der Waals surface area contributed by atoms with Crippen LogP contribution in [0.3, 0.4) is 0 Å². The second kappa shape index (κ2) is 6.58. The van der Waals surface area contributed by atoms with Gasteiger partial charge in [-0.25, -0.2) is 0 Å². The van der Waals surface area contributed by atoms with E-state index in [2.05, 4.69) is 10.2 Å². The standard InChI is InChI=1S/C20H26N2O2/c23-19(21-17-11-12-17)15-7-9-16(10-8-15)20(24)22-13-2-1-6-18(22)14-4-3-5-14/h7-10,14,17-18H,1-6,11-13H2,(H,21,23). The molecule has 2 aliphatic carbocycles. The molecular weight excluding hydrogens is 300 g/mol. The highest BCUT2D eigenvalue weighted by Crippen LogP contribution is 2.37. The molecule has 1 unspecified atom stereocenters. The molecule has 24 heavy (non-hydrogen) atoms. The zero-order valence-corrected chi connectivity index (χ0v) is 14.2. The summed E-state index contributed by atoms with van der Waals surface area (Å²) in [5.41, 5.74) is 1.36. The van der Waals surface area contributed by atoms with Gasteiger partial charge in [0.2, 0.25) is 0 Å². The first-order valence-electron chi connectivity index (χ1n) is 9.44. The van der Waals surface area contributed by atoms with Crippen LogP contribution in [-0.4, -0.2) is 35.3 Å². The van der Waals surface area contributed by atoms with Crippen molar-refractivity contribution in [2.45, 2.75) is 63.5 Å². The molecule has 1 aliphatic heterocycles. The van der Waals surface area contributed by atoms with Crippen LogP contribution in [0.1, 0.15) is 72.1 Å². The Morgan fingerprint density at radius 3 is 2.21 bits per heavy atom. The zero-order chi connectivity index (χ0) is 16.5.